The minimum absolute atomic E-state index is 0.160. The number of halogens is 3. The second-order valence-electron chi connectivity index (χ2n) is 6.97. The molecular weight excluding hydrogens is 373 g/mol. The Bertz CT molecular complexity index is 893. The molecule has 0 amide bonds. The first-order chi connectivity index (χ1) is 13.5. The van der Waals surface area contributed by atoms with Crippen molar-refractivity contribution in [3.05, 3.63) is 30.1 Å². The van der Waals surface area contributed by atoms with Crippen LogP contribution in [0, 0.1) is 23.2 Å². The number of hydrogen-bond acceptors (Lipinski definition) is 7. The highest BCUT2D eigenvalue weighted by Gasteiger charge is 2.50. The molecule has 28 heavy (non-hydrogen) atoms. The fourth-order valence-corrected chi connectivity index (χ4v) is 3.89. The van der Waals surface area contributed by atoms with Crippen LogP contribution in [0.4, 0.5) is 18.9 Å². The molecule has 2 atom stereocenters. The van der Waals surface area contributed by atoms with E-state index in [9.17, 15) is 18.4 Å². The largest absolute Gasteiger partial charge is 0.393 e. The average Bonchev–Trinajstić information content (AvgIpc) is 3.12. The molecule has 1 aromatic heterocycles. The molecule has 2 aliphatic heterocycles. The standard InChI is InChI=1S/C18H19F3N6O/c19-18(20,21)14-10-26(8-13(14)9-27-11-23-5-6-28-27)15-2-1-12(7-22)16-17(15)25-4-3-24-16/h1-4,13-14,23H,5-6,8-11H2/t13-,14+/m1/s1. The molecule has 1 aromatic carbocycles. The number of fused-ring (bicyclic) bond motifs is 1. The fourth-order valence-electron chi connectivity index (χ4n) is 3.89. The van der Waals surface area contributed by atoms with Crippen LogP contribution in [0.3, 0.4) is 0 Å². The third-order valence-electron chi connectivity index (χ3n) is 5.21. The van der Waals surface area contributed by atoms with Gasteiger partial charge in [0.05, 0.1) is 30.4 Å². The van der Waals surface area contributed by atoms with E-state index in [4.69, 9.17) is 4.84 Å². The fraction of sp³-hybridized carbons (Fsp3) is 0.500. The van der Waals surface area contributed by atoms with Gasteiger partial charge in [-0.15, -0.1) is 0 Å². The zero-order valence-corrected chi connectivity index (χ0v) is 15.0. The van der Waals surface area contributed by atoms with E-state index in [1.807, 2.05) is 0 Å². The van der Waals surface area contributed by atoms with Crippen molar-refractivity contribution in [2.45, 2.75) is 6.18 Å². The maximum absolute atomic E-state index is 13.7. The van der Waals surface area contributed by atoms with Gasteiger partial charge in [-0.1, -0.05) is 0 Å². The van der Waals surface area contributed by atoms with Crippen molar-refractivity contribution in [1.29, 1.82) is 5.26 Å². The van der Waals surface area contributed by atoms with E-state index in [1.165, 1.54) is 12.4 Å². The highest BCUT2D eigenvalue weighted by molar-refractivity contribution is 5.92. The number of nitrogens with one attached hydrogen (secondary N) is 1. The van der Waals surface area contributed by atoms with E-state index in [0.29, 0.717) is 42.1 Å². The number of alkyl halides is 3. The summed E-state index contributed by atoms with van der Waals surface area (Å²) in [5.41, 5.74) is 1.76. The Balaban J connectivity index is 1.64. The summed E-state index contributed by atoms with van der Waals surface area (Å²) >= 11 is 0. The molecule has 10 heteroatoms. The van der Waals surface area contributed by atoms with Crippen molar-refractivity contribution in [2.24, 2.45) is 11.8 Å². The first-order valence-electron chi connectivity index (χ1n) is 9.01. The molecular formula is C18H19F3N6O. The molecule has 0 saturated carbocycles. The molecule has 0 bridgehead atoms. The zero-order valence-electron chi connectivity index (χ0n) is 15.0. The normalized spacial score (nSPS) is 23.9. The smallest absolute Gasteiger partial charge is 0.369 e. The van der Waals surface area contributed by atoms with Crippen LogP contribution < -0.4 is 10.2 Å². The van der Waals surface area contributed by atoms with Crippen molar-refractivity contribution >= 4 is 16.7 Å². The van der Waals surface area contributed by atoms with Crippen LogP contribution in [-0.4, -0.2) is 60.7 Å². The Morgan fingerprint density at radius 3 is 2.68 bits per heavy atom. The van der Waals surface area contributed by atoms with Gasteiger partial charge in [0, 0.05) is 44.5 Å². The van der Waals surface area contributed by atoms with Gasteiger partial charge in [0.25, 0.3) is 0 Å². The maximum Gasteiger partial charge on any atom is 0.393 e. The summed E-state index contributed by atoms with van der Waals surface area (Å²) in [5, 5.41) is 13.9. The van der Waals surface area contributed by atoms with Gasteiger partial charge in [-0.2, -0.15) is 23.5 Å². The summed E-state index contributed by atoms with van der Waals surface area (Å²) in [6.45, 7) is 1.80. The third kappa shape index (κ3) is 3.61. The van der Waals surface area contributed by atoms with Crippen molar-refractivity contribution in [2.75, 3.05) is 44.4 Å². The molecule has 2 aromatic rings. The molecule has 1 N–H and O–H groups in total. The van der Waals surface area contributed by atoms with Crippen molar-refractivity contribution in [1.82, 2.24) is 20.3 Å². The van der Waals surface area contributed by atoms with Crippen LogP contribution in [0.5, 0.6) is 0 Å². The van der Waals surface area contributed by atoms with Gasteiger partial charge >= 0.3 is 6.18 Å². The average molecular weight is 392 g/mol. The molecule has 2 aliphatic rings. The lowest BCUT2D eigenvalue weighted by atomic mass is 9.95. The second-order valence-corrected chi connectivity index (χ2v) is 6.97. The molecule has 0 spiro atoms. The van der Waals surface area contributed by atoms with E-state index < -0.39 is 18.0 Å². The number of rotatable bonds is 3. The summed E-state index contributed by atoms with van der Waals surface area (Å²) in [7, 11) is 0. The van der Waals surface area contributed by atoms with Crippen LogP contribution in [0.15, 0.2) is 24.5 Å². The molecule has 7 nitrogen and oxygen atoms in total. The Hall–Kier alpha value is -2.48. The Morgan fingerprint density at radius 2 is 2.00 bits per heavy atom. The first-order valence-corrected chi connectivity index (χ1v) is 9.01. The van der Waals surface area contributed by atoms with Gasteiger partial charge in [0.1, 0.15) is 17.1 Å². The topological polar surface area (TPSA) is 77.3 Å². The minimum Gasteiger partial charge on any atom is -0.369 e. The molecule has 2 fully saturated rings. The minimum atomic E-state index is -4.31. The van der Waals surface area contributed by atoms with E-state index in [1.54, 1.807) is 22.1 Å². The van der Waals surface area contributed by atoms with Crippen molar-refractivity contribution < 1.29 is 18.0 Å². The lowest BCUT2D eigenvalue weighted by Crippen LogP contribution is -2.46. The number of aromatic nitrogens is 2. The van der Waals surface area contributed by atoms with Crippen LogP contribution in [-0.2, 0) is 4.84 Å². The molecule has 3 heterocycles. The lowest BCUT2D eigenvalue weighted by molar-refractivity contribution is -0.212. The van der Waals surface area contributed by atoms with Crippen LogP contribution >= 0.6 is 0 Å². The van der Waals surface area contributed by atoms with Gasteiger partial charge < -0.3 is 10.2 Å². The second kappa shape index (κ2) is 7.50. The third-order valence-corrected chi connectivity index (χ3v) is 5.21. The molecule has 4 rings (SSSR count). The van der Waals surface area contributed by atoms with Crippen LogP contribution in [0.2, 0.25) is 0 Å². The van der Waals surface area contributed by atoms with Crippen molar-refractivity contribution in [3.8, 4) is 6.07 Å². The molecule has 0 unspecified atom stereocenters. The monoisotopic (exact) mass is 392 g/mol. The van der Waals surface area contributed by atoms with Crippen molar-refractivity contribution in [3.63, 3.8) is 0 Å². The highest BCUT2D eigenvalue weighted by Crippen LogP contribution is 2.41. The number of hydroxylamine groups is 2. The number of benzene rings is 1. The first kappa shape index (κ1) is 18.9. The van der Waals surface area contributed by atoms with Crippen LogP contribution in [0.1, 0.15) is 5.56 Å². The number of nitriles is 1. The lowest BCUT2D eigenvalue weighted by Gasteiger charge is -2.31. The zero-order chi connectivity index (χ0) is 19.7. The Morgan fingerprint density at radius 1 is 1.21 bits per heavy atom. The number of hydrogen-bond donors (Lipinski definition) is 1. The molecule has 0 radical (unpaired) electrons. The number of nitrogens with zero attached hydrogens (tertiary/aromatic N) is 5. The van der Waals surface area contributed by atoms with E-state index >= 15 is 0 Å². The van der Waals surface area contributed by atoms with Gasteiger partial charge in [0.2, 0.25) is 0 Å². The molecule has 2 saturated heterocycles. The van der Waals surface area contributed by atoms with Crippen LogP contribution in [0.25, 0.3) is 11.0 Å². The summed E-state index contributed by atoms with van der Waals surface area (Å²) < 4.78 is 41.1. The Kier molecular flexibility index (Phi) is 5.05. The maximum atomic E-state index is 13.7. The quantitative estimate of drug-likeness (QED) is 0.855. The van der Waals surface area contributed by atoms with Gasteiger partial charge in [0.15, 0.2) is 0 Å². The SMILES string of the molecule is N#Cc1ccc(N2C[C@H](CN3CNCCO3)[C@@H](C(F)(F)F)C2)c2nccnc12. The van der Waals surface area contributed by atoms with E-state index in [2.05, 4.69) is 21.4 Å². The number of anilines is 1. The summed E-state index contributed by atoms with van der Waals surface area (Å²) in [5.74, 6) is -2.11. The predicted molar refractivity (Wildman–Crippen MR) is 95.0 cm³/mol. The van der Waals surface area contributed by atoms with Gasteiger partial charge in [-0.25, -0.2) is 0 Å². The predicted octanol–water partition coefficient (Wildman–Crippen LogP) is 1.91. The molecule has 0 aliphatic carbocycles. The highest BCUT2D eigenvalue weighted by atomic mass is 19.4. The van der Waals surface area contributed by atoms with Gasteiger partial charge in [-0.05, 0) is 12.1 Å². The summed E-state index contributed by atoms with van der Waals surface area (Å²) in [6.07, 6.45) is -1.36. The molecule has 148 valence electrons. The summed E-state index contributed by atoms with van der Waals surface area (Å²) in [4.78, 5) is 15.6. The Labute approximate surface area is 159 Å². The van der Waals surface area contributed by atoms with E-state index in [-0.39, 0.29) is 19.6 Å². The van der Waals surface area contributed by atoms with Gasteiger partial charge in [-0.3, -0.25) is 14.8 Å². The van der Waals surface area contributed by atoms with E-state index in [0.717, 1.165) is 0 Å². The summed E-state index contributed by atoms with van der Waals surface area (Å²) in [6, 6.07) is 5.29.